The van der Waals surface area contributed by atoms with Gasteiger partial charge < -0.3 is 19.8 Å². The molecule has 0 radical (unpaired) electrons. The van der Waals surface area contributed by atoms with Crippen LogP contribution in [-0.4, -0.2) is 62.9 Å². The number of fused-ring (bicyclic) bond motifs is 2. The van der Waals surface area contributed by atoms with Crippen LogP contribution in [0.25, 0.3) is 33.3 Å². The number of nitrogens with zero attached hydrogens (tertiary/aromatic N) is 3. The Bertz CT molecular complexity index is 1390. The van der Waals surface area contributed by atoms with E-state index in [0.29, 0.717) is 39.9 Å². The number of halogens is 1. The van der Waals surface area contributed by atoms with Gasteiger partial charge in [0.1, 0.15) is 52.6 Å². The number of pyridine rings is 2. The maximum Gasteiger partial charge on any atom is 0.231 e. The van der Waals surface area contributed by atoms with Crippen LogP contribution in [0.15, 0.2) is 41.1 Å². The van der Waals surface area contributed by atoms with E-state index in [1.807, 2.05) is 23.5 Å². The van der Waals surface area contributed by atoms with E-state index in [0.717, 1.165) is 10.8 Å². The summed E-state index contributed by atoms with van der Waals surface area (Å²) in [5.74, 6) is 1.06. The summed E-state index contributed by atoms with van der Waals surface area (Å²) in [6, 6.07) is 7.14. The number of anilines is 2. The van der Waals surface area contributed by atoms with E-state index in [2.05, 4.69) is 25.6 Å². The minimum absolute atomic E-state index is 0.232. The number of hydrogen-bond donors (Lipinski definition) is 2. The summed E-state index contributed by atoms with van der Waals surface area (Å²) < 4.78 is 24.6. The number of hydrogen-bond acceptors (Lipinski definition) is 7. The topological polar surface area (TPSA) is 102 Å². The highest BCUT2D eigenvalue weighted by molar-refractivity contribution is 6.60. The maximum atomic E-state index is 13.3. The van der Waals surface area contributed by atoms with E-state index in [1.54, 1.807) is 43.8 Å². The summed E-state index contributed by atoms with van der Waals surface area (Å²) in [5.41, 5.74) is 1.91. The molecule has 3 heterocycles. The minimum atomic E-state index is -1.08. The van der Waals surface area contributed by atoms with Crippen molar-refractivity contribution >= 4 is 63.0 Å². The van der Waals surface area contributed by atoms with Crippen LogP contribution in [0.5, 0.6) is 5.75 Å². The first-order valence-corrected chi connectivity index (χ1v) is 10.7. The van der Waals surface area contributed by atoms with Crippen LogP contribution in [0.4, 0.5) is 16.0 Å². The number of alkyl halides is 1. The first-order chi connectivity index (χ1) is 15.7. The number of carbonyl (C=O) groups is 1. The zero-order chi connectivity index (χ0) is 23.3. The van der Waals surface area contributed by atoms with E-state index in [-0.39, 0.29) is 17.6 Å². The highest BCUT2D eigenvalue weighted by atomic mass is 19.1. The predicted octanol–water partition coefficient (Wildman–Crippen LogP) is 0.666. The predicted molar refractivity (Wildman–Crippen MR) is 133 cm³/mol. The third-order valence-electron chi connectivity index (χ3n) is 5.39. The summed E-state index contributed by atoms with van der Waals surface area (Å²) in [4.78, 5) is 25.8. The quantitative estimate of drug-likeness (QED) is 0.423. The van der Waals surface area contributed by atoms with Gasteiger partial charge in [-0.15, -0.1) is 0 Å². The highest BCUT2D eigenvalue weighted by Gasteiger charge is 2.43. The van der Waals surface area contributed by atoms with Gasteiger partial charge in [0.2, 0.25) is 11.8 Å². The average molecular weight is 443 g/mol. The number of aromatic nitrogens is 3. The molecule has 2 atom stereocenters. The molecule has 3 aromatic heterocycles. The van der Waals surface area contributed by atoms with E-state index < -0.39 is 12.1 Å². The maximum absolute atomic E-state index is 13.3. The molecular formula is C21H21B3FN5O3. The summed E-state index contributed by atoms with van der Waals surface area (Å²) in [5, 5.41) is 7.36. The van der Waals surface area contributed by atoms with Gasteiger partial charge >= 0.3 is 0 Å². The van der Waals surface area contributed by atoms with Crippen molar-refractivity contribution in [3.05, 3.63) is 36.7 Å². The fraction of sp³-hybridized carbons (Fsp3) is 0.238. The van der Waals surface area contributed by atoms with Gasteiger partial charge in [-0.25, -0.2) is 19.3 Å². The molecule has 1 amide bonds. The molecule has 0 spiro atoms. The standard InChI is InChI=1S/C21H21B3FN5O3/c1-32-9-2-3-16-15(4-9)28-20(33-16)13-8-27-18(30-21(22,23)24)12-7-26-17(6-10(12)13)29-19(31)11-5-14(11)25/h2-4,6-8,11,14H,5,22-24H2,1H3,(H,27,30)(H,26,29,31)/t11-,14+/m1/s1. The van der Waals surface area contributed by atoms with Gasteiger partial charge in [-0.2, -0.15) is 0 Å². The van der Waals surface area contributed by atoms with Crippen LogP contribution in [0.2, 0.25) is 0 Å². The SMILES string of the molecule is BC(B)(B)Nc1ncc(-c2nc3cc(OC)ccc3o2)c2cc(NC(=O)[C@@H]3C[C@@H]3F)ncc12. The number of methoxy groups -OCH3 is 1. The largest absolute Gasteiger partial charge is 0.497 e. The zero-order valence-electron chi connectivity index (χ0n) is 18.8. The van der Waals surface area contributed by atoms with Crippen LogP contribution in [0.3, 0.4) is 0 Å². The van der Waals surface area contributed by atoms with Gasteiger partial charge in [-0.05, 0) is 29.9 Å². The molecule has 1 aliphatic rings. The Morgan fingerprint density at radius 1 is 1.21 bits per heavy atom. The van der Waals surface area contributed by atoms with Gasteiger partial charge in [-0.3, -0.25) is 4.79 Å². The van der Waals surface area contributed by atoms with Gasteiger partial charge in [0.15, 0.2) is 5.58 Å². The molecule has 0 saturated heterocycles. The molecule has 33 heavy (non-hydrogen) atoms. The van der Waals surface area contributed by atoms with E-state index in [4.69, 9.17) is 9.15 Å². The number of nitrogens with one attached hydrogen (secondary N) is 2. The lowest BCUT2D eigenvalue weighted by Gasteiger charge is -2.23. The highest BCUT2D eigenvalue weighted by Crippen LogP contribution is 2.37. The second-order valence-electron chi connectivity index (χ2n) is 9.21. The molecule has 0 unspecified atom stereocenters. The van der Waals surface area contributed by atoms with Crippen LogP contribution in [-0.2, 0) is 4.79 Å². The Morgan fingerprint density at radius 2 is 2.00 bits per heavy atom. The van der Waals surface area contributed by atoms with Crippen molar-refractivity contribution in [2.45, 2.75) is 17.8 Å². The molecule has 1 saturated carbocycles. The Morgan fingerprint density at radius 3 is 2.70 bits per heavy atom. The third kappa shape index (κ3) is 4.25. The lowest BCUT2D eigenvalue weighted by atomic mass is 9.49. The lowest BCUT2D eigenvalue weighted by molar-refractivity contribution is -0.117. The van der Waals surface area contributed by atoms with E-state index in [9.17, 15) is 9.18 Å². The number of amides is 1. The van der Waals surface area contributed by atoms with Crippen molar-refractivity contribution in [2.75, 3.05) is 17.7 Å². The normalized spacial score (nSPS) is 17.8. The van der Waals surface area contributed by atoms with Crippen molar-refractivity contribution < 1.29 is 18.3 Å². The fourth-order valence-corrected chi connectivity index (χ4v) is 3.63. The number of carbonyl (C=O) groups excluding carboxylic acids is 1. The second kappa shape index (κ2) is 7.79. The second-order valence-corrected chi connectivity index (χ2v) is 9.21. The van der Waals surface area contributed by atoms with Gasteiger partial charge in [0, 0.05) is 29.2 Å². The molecular weight excluding hydrogens is 422 g/mol. The summed E-state index contributed by atoms with van der Waals surface area (Å²) in [6.45, 7) is 0. The van der Waals surface area contributed by atoms with Crippen molar-refractivity contribution in [3.8, 4) is 17.2 Å². The van der Waals surface area contributed by atoms with Crippen LogP contribution in [0.1, 0.15) is 6.42 Å². The smallest absolute Gasteiger partial charge is 0.231 e. The molecule has 5 rings (SSSR count). The number of oxazole rings is 1. The molecule has 1 aliphatic carbocycles. The molecule has 1 fully saturated rings. The number of ether oxygens (including phenoxy) is 1. The molecule has 2 N–H and O–H groups in total. The first kappa shape index (κ1) is 21.3. The summed E-state index contributed by atoms with van der Waals surface area (Å²) >= 11 is 0. The van der Waals surface area contributed by atoms with Crippen LogP contribution >= 0.6 is 0 Å². The van der Waals surface area contributed by atoms with Crippen LogP contribution in [0, 0.1) is 5.92 Å². The molecule has 1 aromatic carbocycles. The zero-order valence-corrected chi connectivity index (χ0v) is 18.8. The number of benzene rings is 1. The summed E-state index contributed by atoms with van der Waals surface area (Å²) in [7, 11) is 7.70. The Labute approximate surface area is 191 Å². The van der Waals surface area contributed by atoms with Crippen LogP contribution < -0.4 is 15.4 Å². The van der Waals surface area contributed by atoms with Gasteiger partial charge in [-0.1, -0.05) is 0 Å². The van der Waals surface area contributed by atoms with E-state index >= 15 is 0 Å². The Balaban J connectivity index is 1.62. The first-order valence-electron chi connectivity index (χ1n) is 10.7. The molecule has 164 valence electrons. The Hall–Kier alpha value is -3.56. The van der Waals surface area contributed by atoms with Crippen molar-refractivity contribution in [1.29, 1.82) is 0 Å². The van der Waals surface area contributed by atoms with Crippen molar-refractivity contribution in [1.82, 2.24) is 15.0 Å². The minimum Gasteiger partial charge on any atom is -0.497 e. The fourth-order valence-electron chi connectivity index (χ4n) is 3.63. The molecule has 0 aliphatic heterocycles. The van der Waals surface area contributed by atoms with Crippen molar-refractivity contribution in [3.63, 3.8) is 0 Å². The van der Waals surface area contributed by atoms with Gasteiger partial charge in [0.05, 0.1) is 18.6 Å². The molecule has 8 nitrogen and oxygen atoms in total. The third-order valence-corrected chi connectivity index (χ3v) is 5.39. The average Bonchev–Trinajstić information content (AvgIpc) is 3.35. The van der Waals surface area contributed by atoms with Gasteiger partial charge in [0.25, 0.3) is 0 Å². The monoisotopic (exact) mass is 443 g/mol. The summed E-state index contributed by atoms with van der Waals surface area (Å²) in [6.07, 6.45) is 2.49. The Kier molecular flexibility index (Phi) is 5.03. The number of rotatable bonds is 6. The molecule has 12 heteroatoms. The molecule has 4 aromatic rings. The van der Waals surface area contributed by atoms with Crippen molar-refractivity contribution in [2.24, 2.45) is 5.92 Å². The lowest BCUT2D eigenvalue weighted by Crippen LogP contribution is -2.40. The molecule has 0 bridgehead atoms. The van der Waals surface area contributed by atoms with E-state index in [1.165, 1.54) is 0 Å².